The van der Waals surface area contributed by atoms with Crippen molar-refractivity contribution >= 4 is 29.0 Å². The van der Waals surface area contributed by atoms with E-state index in [1.165, 1.54) is 19.4 Å². The van der Waals surface area contributed by atoms with Crippen molar-refractivity contribution in [2.45, 2.75) is 12.8 Å². The van der Waals surface area contributed by atoms with E-state index in [9.17, 15) is 0 Å². The predicted octanol–water partition coefficient (Wildman–Crippen LogP) is 1.71. The Morgan fingerprint density at radius 1 is 1.06 bits per heavy atom. The van der Waals surface area contributed by atoms with Crippen LogP contribution in [0.5, 0.6) is 0 Å². The monoisotopic (exact) mass is 287 g/mol. The minimum Gasteiger partial charge on any atom is -0.351 e. The molecule has 7 heteroatoms. The van der Waals surface area contributed by atoms with Gasteiger partial charge in [-0.1, -0.05) is 11.6 Å². The Morgan fingerprint density at radius 2 is 1.78 bits per heavy atom. The van der Waals surface area contributed by atoms with Crippen LogP contribution < -0.4 is 4.90 Å². The van der Waals surface area contributed by atoms with Crippen LogP contribution in [0.3, 0.4) is 0 Å². The van der Waals surface area contributed by atoms with Gasteiger partial charge in [-0.25, -0.2) is 0 Å². The molecule has 98 valence electrons. The van der Waals surface area contributed by atoms with Gasteiger partial charge in [-0.05, 0) is 30.4 Å². The highest BCUT2D eigenvalue weighted by Crippen LogP contribution is 2.30. The number of rotatable bonds is 3. The first kappa shape index (κ1) is 12.4. The van der Waals surface area contributed by atoms with E-state index in [4.69, 9.17) is 23.2 Å². The second-order valence-electron chi connectivity index (χ2n) is 4.93. The molecule has 0 aromatic carbocycles. The minimum absolute atomic E-state index is 0.148. The first-order chi connectivity index (χ1) is 8.72. The fourth-order valence-corrected chi connectivity index (χ4v) is 2.61. The molecule has 3 rings (SSSR count). The summed E-state index contributed by atoms with van der Waals surface area (Å²) >= 11 is 11.8. The normalized spacial score (nSPS) is 21.3. The van der Waals surface area contributed by atoms with Gasteiger partial charge in [-0.15, -0.1) is 10.2 Å². The number of anilines is 1. The average molecular weight is 288 g/mol. The first-order valence-electron chi connectivity index (χ1n) is 6.25. The summed E-state index contributed by atoms with van der Waals surface area (Å²) in [7, 11) is 0. The van der Waals surface area contributed by atoms with E-state index in [1.54, 1.807) is 0 Å². The van der Waals surface area contributed by atoms with Gasteiger partial charge in [0, 0.05) is 32.7 Å². The smallest absolute Gasteiger partial charge is 0.245 e. The van der Waals surface area contributed by atoms with Crippen LogP contribution in [-0.2, 0) is 0 Å². The standard InChI is InChI=1S/C11H15Cl2N5/c12-9-10(14-11(13)16-15-9)18-5-3-17(4-6-18)7-8-1-2-8/h8H,1-7H2. The summed E-state index contributed by atoms with van der Waals surface area (Å²) in [4.78, 5) is 8.81. The molecular weight excluding hydrogens is 273 g/mol. The maximum Gasteiger partial charge on any atom is 0.245 e. The summed E-state index contributed by atoms with van der Waals surface area (Å²) in [6, 6.07) is 0. The lowest BCUT2D eigenvalue weighted by Crippen LogP contribution is -2.47. The maximum absolute atomic E-state index is 6.01. The SMILES string of the molecule is Clc1nnc(Cl)c(N2CCN(CC3CC3)CC2)n1. The summed E-state index contributed by atoms with van der Waals surface area (Å²) in [5, 5.41) is 7.91. The Kier molecular flexibility index (Phi) is 3.54. The molecule has 5 nitrogen and oxygen atoms in total. The fraction of sp³-hybridized carbons (Fsp3) is 0.727. The molecule has 1 aromatic heterocycles. The summed E-state index contributed by atoms with van der Waals surface area (Å²) in [6.07, 6.45) is 2.80. The van der Waals surface area contributed by atoms with Gasteiger partial charge in [0.2, 0.25) is 5.28 Å². The molecule has 1 aliphatic carbocycles. The highest BCUT2D eigenvalue weighted by Gasteiger charge is 2.27. The number of hydrogen-bond donors (Lipinski definition) is 0. The lowest BCUT2D eigenvalue weighted by atomic mass is 10.3. The molecule has 0 unspecified atom stereocenters. The van der Waals surface area contributed by atoms with Crippen LogP contribution in [0.4, 0.5) is 5.82 Å². The van der Waals surface area contributed by atoms with Gasteiger partial charge < -0.3 is 4.90 Å². The molecule has 1 aromatic rings. The van der Waals surface area contributed by atoms with E-state index in [0.29, 0.717) is 11.0 Å². The van der Waals surface area contributed by atoms with Crippen molar-refractivity contribution in [1.82, 2.24) is 20.1 Å². The second kappa shape index (κ2) is 5.15. The molecule has 0 N–H and O–H groups in total. The molecule has 1 aliphatic heterocycles. The van der Waals surface area contributed by atoms with Crippen LogP contribution in [0, 0.1) is 5.92 Å². The van der Waals surface area contributed by atoms with Crippen molar-refractivity contribution in [3.05, 3.63) is 10.4 Å². The van der Waals surface area contributed by atoms with E-state index >= 15 is 0 Å². The van der Waals surface area contributed by atoms with Crippen LogP contribution in [0.15, 0.2) is 0 Å². The van der Waals surface area contributed by atoms with Crippen LogP contribution in [0.25, 0.3) is 0 Å². The number of halogens is 2. The third-order valence-corrected chi connectivity index (χ3v) is 3.89. The fourth-order valence-electron chi connectivity index (χ4n) is 2.29. The molecule has 0 amide bonds. The van der Waals surface area contributed by atoms with Crippen molar-refractivity contribution < 1.29 is 0 Å². The van der Waals surface area contributed by atoms with Gasteiger partial charge in [0.15, 0.2) is 11.0 Å². The Hall–Kier alpha value is -0.650. The molecule has 0 atom stereocenters. The van der Waals surface area contributed by atoms with Crippen molar-refractivity contribution in [3.8, 4) is 0 Å². The Balaban J connectivity index is 1.62. The average Bonchev–Trinajstić information content (AvgIpc) is 3.17. The van der Waals surface area contributed by atoms with Crippen molar-refractivity contribution in [2.75, 3.05) is 37.6 Å². The highest BCUT2D eigenvalue weighted by molar-refractivity contribution is 6.32. The maximum atomic E-state index is 6.01. The molecule has 18 heavy (non-hydrogen) atoms. The molecule has 2 fully saturated rings. The van der Waals surface area contributed by atoms with Crippen LogP contribution in [-0.4, -0.2) is 52.8 Å². The number of hydrogen-bond acceptors (Lipinski definition) is 5. The topological polar surface area (TPSA) is 45.2 Å². The zero-order chi connectivity index (χ0) is 12.5. The molecule has 0 bridgehead atoms. The van der Waals surface area contributed by atoms with Crippen LogP contribution >= 0.6 is 23.2 Å². The van der Waals surface area contributed by atoms with Gasteiger partial charge in [0.05, 0.1) is 0 Å². The zero-order valence-corrected chi connectivity index (χ0v) is 11.5. The molecule has 2 heterocycles. The molecule has 1 saturated carbocycles. The number of piperazine rings is 1. The molecule has 1 saturated heterocycles. The quantitative estimate of drug-likeness (QED) is 0.847. The van der Waals surface area contributed by atoms with E-state index < -0.39 is 0 Å². The lowest BCUT2D eigenvalue weighted by Gasteiger charge is -2.35. The number of aromatic nitrogens is 3. The van der Waals surface area contributed by atoms with E-state index in [-0.39, 0.29) is 5.28 Å². The van der Waals surface area contributed by atoms with Gasteiger partial charge in [0.1, 0.15) is 0 Å². The molecule has 0 spiro atoms. The van der Waals surface area contributed by atoms with E-state index in [0.717, 1.165) is 32.1 Å². The minimum atomic E-state index is 0.148. The predicted molar refractivity (Wildman–Crippen MR) is 71.2 cm³/mol. The summed E-state index contributed by atoms with van der Waals surface area (Å²) in [5.41, 5.74) is 0. The van der Waals surface area contributed by atoms with Gasteiger partial charge in [-0.2, -0.15) is 4.98 Å². The summed E-state index contributed by atoms with van der Waals surface area (Å²) in [6.45, 7) is 5.18. The van der Waals surface area contributed by atoms with Crippen molar-refractivity contribution in [3.63, 3.8) is 0 Å². The lowest BCUT2D eigenvalue weighted by molar-refractivity contribution is 0.247. The van der Waals surface area contributed by atoms with Gasteiger partial charge >= 0.3 is 0 Å². The Morgan fingerprint density at radius 3 is 2.44 bits per heavy atom. The van der Waals surface area contributed by atoms with Gasteiger partial charge in [-0.3, -0.25) is 4.90 Å². The van der Waals surface area contributed by atoms with Crippen LogP contribution in [0.2, 0.25) is 10.4 Å². The number of nitrogens with zero attached hydrogens (tertiary/aromatic N) is 5. The molecular formula is C11H15Cl2N5. The van der Waals surface area contributed by atoms with Crippen LogP contribution in [0.1, 0.15) is 12.8 Å². The van der Waals surface area contributed by atoms with E-state index in [1.807, 2.05) is 0 Å². The Labute approximate surface area is 116 Å². The van der Waals surface area contributed by atoms with Gasteiger partial charge in [0.25, 0.3) is 0 Å². The summed E-state index contributed by atoms with van der Waals surface area (Å²) < 4.78 is 0. The Bertz CT molecular complexity index is 429. The summed E-state index contributed by atoms with van der Waals surface area (Å²) in [5.74, 6) is 1.60. The third-order valence-electron chi connectivity index (χ3n) is 3.49. The second-order valence-corrected chi connectivity index (χ2v) is 5.62. The van der Waals surface area contributed by atoms with Crippen molar-refractivity contribution in [1.29, 1.82) is 0 Å². The van der Waals surface area contributed by atoms with Crippen molar-refractivity contribution in [2.24, 2.45) is 5.92 Å². The zero-order valence-electron chi connectivity index (χ0n) is 10.0. The molecule has 2 aliphatic rings. The third kappa shape index (κ3) is 2.84. The largest absolute Gasteiger partial charge is 0.351 e. The first-order valence-corrected chi connectivity index (χ1v) is 7.01. The van der Waals surface area contributed by atoms with E-state index in [2.05, 4.69) is 25.0 Å². The molecule has 0 radical (unpaired) electrons. The highest BCUT2D eigenvalue weighted by atomic mass is 35.5.